The molecule has 4 heteroatoms. The van der Waals surface area contributed by atoms with E-state index in [2.05, 4.69) is 19.2 Å². The highest BCUT2D eigenvalue weighted by molar-refractivity contribution is 5.75. The molecule has 110 valence electrons. The molecule has 1 aromatic rings. The van der Waals surface area contributed by atoms with Crippen LogP contribution >= 0.6 is 0 Å². The van der Waals surface area contributed by atoms with Crippen LogP contribution in [0.25, 0.3) is 0 Å². The fraction of sp³-hybridized carbons (Fsp3) is 0.562. The minimum atomic E-state index is -0.334. The summed E-state index contributed by atoms with van der Waals surface area (Å²) in [6, 6.07) is 4.85. The number of halogens is 1. The fourth-order valence-electron chi connectivity index (χ4n) is 2.87. The molecule has 0 radical (unpaired) electrons. The molecule has 1 aliphatic carbocycles. The van der Waals surface area contributed by atoms with Gasteiger partial charge in [0.05, 0.1) is 7.11 Å². The molecule has 0 aromatic heterocycles. The van der Waals surface area contributed by atoms with Crippen LogP contribution in [0.15, 0.2) is 18.2 Å². The van der Waals surface area contributed by atoms with Gasteiger partial charge in [-0.1, -0.05) is 26.0 Å². The van der Waals surface area contributed by atoms with Crippen molar-refractivity contribution in [2.75, 3.05) is 7.11 Å². The number of carbonyl (C=O) groups is 1. The molecule has 1 N–H and O–H groups in total. The molecule has 2 unspecified atom stereocenters. The number of esters is 1. The number of benzene rings is 1. The molecule has 0 amide bonds. The maximum absolute atomic E-state index is 13.7. The van der Waals surface area contributed by atoms with Crippen molar-refractivity contribution in [2.45, 2.75) is 45.2 Å². The van der Waals surface area contributed by atoms with E-state index in [9.17, 15) is 9.18 Å². The molecule has 1 aliphatic rings. The summed E-state index contributed by atoms with van der Waals surface area (Å²) in [6.07, 6.45) is 2.25. The first-order valence-electron chi connectivity index (χ1n) is 7.14. The van der Waals surface area contributed by atoms with Crippen LogP contribution in [0.2, 0.25) is 0 Å². The molecule has 20 heavy (non-hydrogen) atoms. The molecule has 0 saturated heterocycles. The van der Waals surface area contributed by atoms with Crippen LogP contribution < -0.4 is 5.32 Å². The van der Waals surface area contributed by atoms with E-state index < -0.39 is 0 Å². The first kappa shape index (κ1) is 15.0. The van der Waals surface area contributed by atoms with Crippen molar-refractivity contribution in [3.63, 3.8) is 0 Å². The van der Waals surface area contributed by atoms with Gasteiger partial charge in [-0.25, -0.2) is 4.39 Å². The molecular formula is C16H22FNO2. The lowest BCUT2D eigenvalue weighted by molar-refractivity contribution is -0.143. The van der Waals surface area contributed by atoms with Gasteiger partial charge < -0.3 is 4.74 Å². The third kappa shape index (κ3) is 3.18. The second kappa shape index (κ2) is 6.35. The van der Waals surface area contributed by atoms with E-state index in [0.29, 0.717) is 12.3 Å². The molecule has 0 spiro atoms. The van der Waals surface area contributed by atoms with Crippen LogP contribution in [0.5, 0.6) is 0 Å². The molecule has 2 atom stereocenters. The summed E-state index contributed by atoms with van der Waals surface area (Å²) in [5, 5.41) is 3.34. The largest absolute Gasteiger partial charge is 0.468 e. The quantitative estimate of drug-likeness (QED) is 0.842. The Morgan fingerprint density at radius 1 is 1.50 bits per heavy atom. The van der Waals surface area contributed by atoms with Gasteiger partial charge in [0, 0.05) is 6.04 Å². The zero-order valence-corrected chi connectivity index (χ0v) is 12.3. The van der Waals surface area contributed by atoms with Gasteiger partial charge >= 0.3 is 5.97 Å². The van der Waals surface area contributed by atoms with Crippen molar-refractivity contribution < 1.29 is 13.9 Å². The molecule has 1 aromatic carbocycles. The smallest absolute Gasteiger partial charge is 0.322 e. The van der Waals surface area contributed by atoms with Crippen molar-refractivity contribution in [1.82, 2.24) is 5.32 Å². The number of carbonyl (C=O) groups excluding carboxylic acids is 1. The summed E-state index contributed by atoms with van der Waals surface area (Å²) in [5.41, 5.74) is 1.75. The average Bonchev–Trinajstić information content (AvgIpc) is 2.81. The summed E-state index contributed by atoms with van der Waals surface area (Å²) in [5.74, 6) is -0.00573. The van der Waals surface area contributed by atoms with E-state index in [0.717, 1.165) is 24.0 Å². The topological polar surface area (TPSA) is 38.3 Å². The first-order chi connectivity index (χ1) is 9.52. The Morgan fingerprint density at radius 2 is 2.25 bits per heavy atom. The molecular weight excluding hydrogens is 257 g/mol. The lowest BCUT2D eigenvalue weighted by Crippen LogP contribution is -2.40. The van der Waals surface area contributed by atoms with E-state index in [1.807, 2.05) is 6.07 Å². The Balaban J connectivity index is 2.13. The highest BCUT2D eigenvalue weighted by atomic mass is 19.1. The Bertz CT molecular complexity index is 487. The highest BCUT2D eigenvalue weighted by Gasteiger charge is 2.29. The summed E-state index contributed by atoms with van der Waals surface area (Å²) < 4.78 is 18.6. The maximum Gasteiger partial charge on any atom is 0.322 e. The first-order valence-corrected chi connectivity index (χ1v) is 7.14. The second-order valence-electron chi connectivity index (χ2n) is 5.77. The van der Waals surface area contributed by atoms with Crippen LogP contribution in [0.1, 0.15) is 43.9 Å². The average molecular weight is 279 g/mol. The zero-order chi connectivity index (χ0) is 14.7. The summed E-state index contributed by atoms with van der Waals surface area (Å²) in [6.45, 7) is 4.14. The van der Waals surface area contributed by atoms with Gasteiger partial charge in [0.1, 0.15) is 11.9 Å². The van der Waals surface area contributed by atoms with E-state index in [4.69, 9.17) is 4.74 Å². The van der Waals surface area contributed by atoms with Crippen LogP contribution in [0.3, 0.4) is 0 Å². The third-order valence-electron chi connectivity index (χ3n) is 3.81. The van der Waals surface area contributed by atoms with Crippen molar-refractivity contribution >= 4 is 5.97 Å². The number of fused-ring (bicyclic) bond motifs is 1. The molecule has 0 bridgehead atoms. The molecule has 0 saturated carbocycles. The highest BCUT2D eigenvalue weighted by Crippen LogP contribution is 2.33. The standard InChI is InChI=1S/C16H22FNO2/c1-10(2)9-15(16(19)20-3)18-14-8-7-11-12(14)5-4-6-13(11)17/h4-6,10,14-15,18H,7-9H2,1-3H3. The van der Waals surface area contributed by atoms with Gasteiger partial charge in [0.25, 0.3) is 0 Å². The maximum atomic E-state index is 13.7. The SMILES string of the molecule is COC(=O)C(CC(C)C)NC1CCc2c(F)cccc21. The van der Waals surface area contributed by atoms with Gasteiger partial charge in [-0.3, -0.25) is 10.1 Å². The van der Waals surface area contributed by atoms with Crippen LogP contribution in [0, 0.1) is 11.7 Å². The van der Waals surface area contributed by atoms with Gasteiger partial charge in [-0.05, 0) is 42.4 Å². The Kier molecular flexibility index (Phi) is 4.76. The van der Waals surface area contributed by atoms with Crippen molar-refractivity contribution in [1.29, 1.82) is 0 Å². The van der Waals surface area contributed by atoms with Crippen LogP contribution in [-0.4, -0.2) is 19.1 Å². The predicted molar refractivity (Wildman–Crippen MR) is 75.9 cm³/mol. The van der Waals surface area contributed by atoms with E-state index in [1.165, 1.54) is 13.2 Å². The molecule has 2 rings (SSSR count). The summed E-state index contributed by atoms with van der Waals surface area (Å²) in [7, 11) is 1.40. The number of hydrogen-bond donors (Lipinski definition) is 1. The lowest BCUT2D eigenvalue weighted by atomic mass is 10.0. The molecule has 0 fully saturated rings. The monoisotopic (exact) mass is 279 g/mol. The third-order valence-corrected chi connectivity index (χ3v) is 3.81. The molecule has 3 nitrogen and oxygen atoms in total. The van der Waals surface area contributed by atoms with Gasteiger partial charge in [-0.15, -0.1) is 0 Å². The molecule has 0 aliphatic heterocycles. The minimum Gasteiger partial charge on any atom is -0.468 e. The normalized spacial score (nSPS) is 18.9. The fourth-order valence-corrected chi connectivity index (χ4v) is 2.87. The molecule has 0 heterocycles. The van der Waals surface area contributed by atoms with Crippen LogP contribution in [0.4, 0.5) is 4.39 Å². The lowest BCUT2D eigenvalue weighted by Gasteiger charge is -2.23. The van der Waals surface area contributed by atoms with E-state index in [1.54, 1.807) is 6.07 Å². The summed E-state index contributed by atoms with van der Waals surface area (Å²) in [4.78, 5) is 11.9. The van der Waals surface area contributed by atoms with Crippen molar-refractivity contribution in [3.8, 4) is 0 Å². The zero-order valence-electron chi connectivity index (χ0n) is 12.3. The van der Waals surface area contributed by atoms with Gasteiger partial charge in [0.2, 0.25) is 0 Å². The number of nitrogens with one attached hydrogen (secondary N) is 1. The van der Waals surface area contributed by atoms with Crippen molar-refractivity contribution in [3.05, 3.63) is 35.1 Å². The van der Waals surface area contributed by atoms with E-state index >= 15 is 0 Å². The Hall–Kier alpha value is -1.42. The van der Waals surface area contributed by atoms with Crippen molar-refractivity contribution in [2.24, 2.45) is 5.92 Å². The minimum absolute atomic E-state index is 0.0311. The van der Waals surface area contributed by atoms with Gasteiger partial charge in [0.15, 0.2) is 0 Å². The second-order valence-corrected chi connectivity index (χ2v) is 5.77. The number of methoxy groups -OCH3 is 1. The number of hydrogen-bond acceptors (Lipinski definition) is 3. The summed E-state index contributed by atoms with van der Waals surface area (Å²) >= 11 is 0. The van der Waals surface area contributed by atoms with Gasteiger partial charge in [-0.2, -0.15) is 0 Å². The van der Waals surface area contributed by atoms with Crippen LogP contribution in [-0.2, 0) is 16.0 Å². The van der Waals surface area contributed by atoms with E-state index in [-0.39, 0.29) is 23.9 Å². The number of rotatable bonds is 5. The number of ether oxygens (including phenoxy) is 1. The predicted octanol–water partition coefficient (Wildman–Crippen LogP) is 2.99. The Labute approximate surface area is 119 Å². The Morgan fingerprint density at radius 3 is 2.90 bits per heavy atom.